The summed E-state index contributed by atoms with van der Waals surface area (Å²) in [6.07, 6.45) is 4.56. The lowest BCUT2D eigenvalue weighted by Crippen LogP contribution is -2.48. The lowest BCUT2D eigenvalue weighted by atomic mass is 10.1. The number of hydrogen-bond acceptors (Lipinski definition) is 4. The second kappa shape index (κ2) is 8.94. The molecule has 1 saturated heterocycles. The van der Waals surface area contributed by atoms with Crippen molar-refractivity contribution in [3.05, 3.63) is 0 Å². The first-order valence-corrected chi connectivity index (χ1v) is 9.00. The molecule has 1 fully saturated rings. The van der Waals surface area contributed by atoms with Gasteiger partial charge in [-0.05, 0) is 52.9 Å². The highest BCUT2D eigenvalue weighted by Crippen LogP contribution is 2.09. The lowest BCUT2D eigenvalue weighted by molar-refractivity contribution is 0.215. The van der Waals surface area contributed by atoms with Crippen molar-refractivity contribution in [2.75, 3.05) is 46.8 Å². The highest BCUT2D eigenvalue weighted by molar-refractivity contribution is 7.87. The summed E-state index contributed by atoms with van der Waals surface area (Å²) in [4.78, 5) is 2.34. The Labute approximate surface area is 124 Å². The van der Waals surface area contributed by atoms with Crippen molar-refractivity contribution in [3.63, 3.8) is 0 Å². The van der Waals surface area contributed by atoms with E-state index >= 15 is 0 Å². The molecule has 120 valence electrons. The number of likely N-dealkylation sites (tertiary alicyclic amines) is 1. The lowest BCUT2D eigenvalue weighted by Gasteiger charge is -2.30. The molecule has 1 heterocycles. The first-order valence-electron chi connectivity index (χ1n) is 7.56. The van der Waals surface area contributed by atoms with Crippen molar-refractivity contribution >= 4 is 10.2 Å². The molecule has 0 radical (unpaired) electrons. The van der Waals surface area contributed by atoms with E-state index in [1.165, 1.54) is 23.6 Å². The van der Waals surface area contributed by atoms with Gasteiger partial charge in [-0.25, -0.2) is 0 Å². The molecule has 0 aromatic rings. The number of rotatable bonds is 9. The van der Waals surface area contributed by atoms with E-state index in [0.29, 0.717) is 6.54 Å². The summed E-state index contributed by atoms with van der Waals surface area (Å²) in [7, 11) is 0.137. The molecular formula is C13H30N4O2S. The van der Waals surface area contributed by atoms with E-state index in [9.17, 15) is 8.42 Å². The van der Waals surface area contributed by atoms with Crippen molar-refractivity contribution in [1.29, 1.82) is 0 Å². The molecule has 0 aliphatic carbocycles. The number of piperidine rings is 1. The van der Waals surface area contributed by atoms with Crippen LogP contribution in [0.4, 0.5) is 0 Å². The molecule has 0 spiro atoms. The molecule has 1 aliphatic rings. The van der Waals surface area contributed by atoms with Crippen LogP contribution in [0.15, 0.2) is 0 Å². The Balaban J connectivity index is 2.35. The third kappa shape index (κ3) is 6.49. The maximum Gasteiger partial charge on any atom is 0.279 e. The van der Waals surface area contributed by atoms with Crippen molar-refractivity contribution in [2.45, 2.75) is 38.6 Å². The molecule has 1 atom stereocenters. The minimum Gasteiger partial charge on any atom is -0.320 e. The smallest absolute Gasteiger partial charge is 0.279 e. The van der Waals surface area contributed by atoms with Crippen LogP contribution < -0.4 is 10.0 Å². The quantitative estimate of drug-likeness (QED) is 0.599. The van der Waals surface area contributed by atoms with Crippen molar-refractivity contribution in [3.8, 4) is 0 Å². The van der Waals surface area contributed by atoms with Crippen molar-refractivity contribution in [2.24, 2.45) is 0 Å². The first kappa shape index (κ1) is 17.8. The fraction of sp³-hybridized carbons (Fsp3) is 1.00. The van der Waals surface area contributed by atoms with Gasteiger partial charge in [0.25, 0.3) is 10.2 Å². The zero-order valence-electron chi connectivity index (χ0n) is 13.1. The van der Waals surface area contributed by atoms with Crippen LogP contribution >= 0.6 is 0 Å². The van der Waals surface area contributed by atoms with Crippen LogP contribution in [-0.4, -0.2) is 70.5 Å². The topological polar surface area (TPSA) is 64.7 Å². The van der Waals surface area contributed by atoms with Gasteiger partial charge in [0, 0.05) is 26.2 Å². The zero-order valence-corrected chi connectivity index (χ0v) is 13.9. The van der Waals surface area contributed by atoms with Gasteiger partial charge in [0.15, 0.2) is 0 Å². The van der Waals surface area contributed by atoms with E-state index < -0.39 is 10.2 Å². The van der Waals surface area contributed by atoms with Crippen LogP contribution in [0.3, 0.4) is 0 Å². The van der Waals surface area contributed by atoms with E-state index in [0.717, 1.165) is 32.6 Å². The summed E-state index contributed by atoms with van der Waals surface area (Å²) in [5.74, 6) is 0. The Hall–Kier alpha value is -0.210. The maximum absolute atomic E-state index is 12.2. The van der Waals surface area contributed by atoms with Crippen LogP contribution in [0, 0.1) is 0 Å². The molecule has 1 aliphatic heterocycles. The maximum atomic E-state index is 12.2. The van der Waals surface area contributed by atoms with Crippen LogP contribution in [0.1, 0.15) is 32.6 Å². The Kier molecular flexibility index (Phi) is 7.98. The van der Waals surface area contributed by atoms with Crippen LogP contribution in [-0.2, 0) is 10.2 Å². The van der Waals surface area contributed by atoms with Crippen LogP contribution in [0.5, 0.6) is 0 Å². The predicted octanol–water partition coefficient (Wildman–Crippen LogP) is 0.237. The van der Waals surface area contributed by atoms with Gasteiger partial charge in [-0.2, -0.15) is 17.4 Å². The van der Waals surface area contributed by atoms with Gasteiger partial charge in [-0.3, -0.25) is 0 Å². The van der Waals surface area contributed by atoms with E-state index in [1.807, 2.05) is 14.0 Å². The van der Waals surface area contributed by atoms with E-state index in [-0.39, 0.29) is 6.04 Å². The minimum absolute atomic E-state index is 0.0511. The number of hydrogen-bond donors (Lipinski definition) is 2. The molecule has 7 heteroatoms. The van der Waals surface area contributed by atoms with Gasteiger partial charge in [0.2, 0.25) is 0 Å². The molecule has 6 nitrogen and oxygen atoms in total. The second-order valence-corrected chi connectivity index (χ2v) is 7.47. The fourth-order valence-electron chi connectivity index (χ4n) is 2.51. The van der Waals surface area contributed by atoms with Gasteiger partial charge in [0.1, 0.15) is 0 Å². The van der Waals surface area contributed by atoms with Crippen LogP contribution in [0.25, 0.3) is 0 Å². The number of nitrogens with zero attached hydrogens (tertiary/aromatic N) is 2. The minimum atomic E-state index is -3.36. The molecule has 2 N–H and O–H groups in total. The average molecular weight is 306 g/mol. The zero-order chi connectivity index (χ0) is 15.0. The third-order valence-corrected chi connectivity index (χ3v) is 5.34. The van der Waals surface area contributed by atoms with Gasteiger partial charge in [-0.1, -0.05) is 6.42 Å². The third-order valence-electron chi connectivity index (χ3n) is 3.64. The molecule has 1 unspecified atom stereocenters. The van der Waals surface area contributed by atoms with Crippen molar-refractivity contribution < 1.29 is 8.42 Å². The Morgan fingerprint density at radius 1 is 1.25 bits per heavy atom. The molecule has 0 amide bonds. The Morgan fingerprint density at radius 2 is 1.90 bits per heavy atom. The summed E-state index contributed by atoms with van der Waals surface area (Å²) < 4.78 is 28.5. The largest absolute Gasteiger partial charge is 0.320 e. The average Bonchev–Trinajstić information content (AvgIpc) is 2.39. The summed E-state index contributed by atoms with van der Waals surface area (Å²) in [5.41, 5.74) is 0. The van der Waals surface area contributed by atoms with Gasteiger partial charge < -0.3 is 10.2 Å². The standard InChI is InChI=1S/C13H30N4O2S/c1-13(12-17-10-5-4-6-11-17)15-20(18,19)16(3)9-7-8-14-2/h13-15H,4-12H2,1-3H3. The van der Waals surface area contributed by atoms with E-state index in [2.05, 4.69) is 14.9 Å². The van der Waals surface area contributed by atoms with Gasteiger partial charge in [-0.15, -0.1) is 0 Å². The normalized spacial score (nSPS) is 19.4. The van der Waals surface area contributed by atoms with Gasteiger partial charge >= 0.3 is 0 Å². The highest BCUT2D eigenvalue weighted by Gasteiger charge is 2.21. The summed E-state index contributed by atoms with van der Waals surface area (Å²) in [6, 6.07) is -0.0511. The fourth-order valence-corrected chi connectivity index (χ4v) is 3.64. The molecule has 0 saturated carbocycles. The Morgan fingerprint density at radius 3 is 2.50 bits per heavy atom. The molecule has 0 bridgehead atoms. The van der Waals surface area contributed by atoms with Crippen molar-refractivity contribution in [1.82, 2.24) is 19.2 Å². The summed E-state index contributed by atoms with van der Waals surface area (Å²) in [5, 5.41) is 3.02. The molecule has 0 aromatic carbocycles. The first-order chi connectivity index (χ1) is 9.45. The van der Waals surface area contributed by atoms with E-state index in [4.69, 9.17) is 0 Å². The van der Waals surface area contributed by atoms with E-state index in [1.54, 1.807) is 7.05 Å². The van der Waals surface area contributed by atoms with Gasteiger partial charge in [0.05, 0.1) is 0 Å². The van der Waals surface area contributed by atoms with Crippen LogP contribution in [0.2, 0.25) is 0 Å². The number of nitrogens with one attached hydrogen (secondary N) is 2. The highest BCUT2D eigenvalue weighted by atomic mass is 32.2. The Bertz CT molecular complexity index is 355. The summed E-state index contributed by atoms with van der Waals surface area (Å²) in [6.45, 7) is 6.27. The predicted molar refractivity (Wildman–Crippen MR) is 83.0 cm³/mol. The monoisotopic (exact) mass is 306 g/mol. The second-order valence-electron chi connectivity index (χ2n) is 5.66. The SMILES string of the molecule is CNCCCN(C)S(=O)(=O)NC(C)CN1CCCCC1. The molecule has 0 aromatic heterocycles. The molecule has 20 heavy (non-hydrogen) atoms. The molecule has 1 rings (SSSR count). The molecular weight excluding hydrogens is 276 g/mol. The summed E-state index contributed by atoms with van der Waals surface area (Å²) >= 11 is 0.